The zero-order chi connectivity index (χ0) is 26.3. The molecule has 1 saturated heterocycles. The van der Waals surface area contributed by atoms with Crippen LogP contribution < -0.4 is 5.32 Å². The number of hydrogen-bond donors (Lipinski definition) is 2. The third-order valence-electron chi connectivity index (χ3n) is 6.24. The van der Waals surface area contributed by atoms with Crippen LogP contribution in [-0.2, 0) is 16.0 Å². The Kier molecular flexibility index (Phi) is 8.57. The van der Waals surface area contributed by atoms with Crippen molar-refractivity contribution in [2.45, 2.75) is 45.4 Å². The molecule has 1 fully saturated rings. The Bertz CT molecular complexity index is 1050. The van der Waals surface area contributed by atoms with Gasteiger partial charge in [-0.25, -0.2) is 14.1 Å². The predicted octanol–water partition coefficient (Wildman–Crippen LogP) is 4.59. The van der Waals surface area contributed by atoms with Crippen LogP contribution in [0, 0.1) is 0 Å². The van der Waals surface area contributed by atoms with E-state index in [9.17, 15) is 19.5 Å². The Labute approximate surface area is 212 Å². The number of benzene rings is 2. The predicted molar refractivity (Wildman–Crippen MR) is 136 cm³/mol. The summed E-state index contributed by atoms with van der Waals surface area (Å²) in [7, 11) is 1.34. The van der Waals surface area contributed by atoms with E-state index in [2.05, 4.69) is 5.32 Å². The van der Waals surface area contributed by atoms with Gasteiger partial charge in [0.2, 0.25) is 0 Å². The second-order valence-electron chi connectivity index (χ2n) is 10.1. The third-order valence-corrected chi connectivity index (χ3v) is 6.24. The van der Waals surface area contributed by atoms with Crippen LogP contribution in [0.4, 0.5) is 15.3 Å². The highest BCUT2D eigenvalue weighted by Gasteiger charge is 2.47. The first kappa shape index (κ1) is 27.0. The van der Waals surface area contributed by atoms with Crippen molar-refractivity contribution >= 4 is 23.8 Å². The number of nitrogens with zero attached hydrogens (tertiary/aromatic N) is 2. The lowest BCUT2D eigenvalue weighted by atomic mass is 10.0. The zero-order valence-corrected chi connectivity index (χ0v) is 21.4. The Morgan fingerprint density at radius 3 is 2.33 bits per heavy atom. The summed E-state index contributed by atoms with van der Waals surface area (Å²) in [6.45, 7) is 7.15. The van der Waals surface area contributed by atoms with E-state index in [0.29, 0.717) is 31.6 Å². The molecule has 0 aliphatic carbocycles. The van der Waals surface area contributed by atoms with Crippen molar-refractivity contribution in [1.82, 2.24) is 4.90 Å². The van der Waals surface area contributed by atoms with Gasteiger partial charge in [-0.3, -0.25) is 4.90 Å². The number of hydrogen-bond acceptors (Lipinski definition) is 6. The van der Waals surface area contributed by atoms with Crippen molar-refractivity contribution in [3.05, 3.63) is 65.7 Å². The average Bonchev–Trinajstić information content (AvgIpc) is 2.83. The second kappa shape index (κ2) is 11.4. The molecule has 9 heteroatoms. The largest absolute Gasteiger partial charge is 0.513 e. The Morgan fingerprint density at radius 2 is 1.75 bits per heavy atom. The molecule has 2 amide bonds. The summed E-state index contributed by atoms with van der Waals surface area (Å²) in [5.74, 6) is -0.405. The van der Waals surface area contributed by atoms with Gasteiger partial charge in [0.25, 0.3) is 0 Å². The van der Waals surface area contributed by atoms with E-state index in [-0.39, 0.29) is 23.6 Å². The van der Waals surface area contributed by atoms with Crippen LogP contribution in [0.15, 0.2) is 54.6 Å². The molecule has 0 saturated carbocycles. The van der Waals surface area contributed by atoms with Gasteiger partial charge in [-0.1, -0.05) is 30.3 Å². The first-order chi connectivity index (χ1) is 17.0. The minimum absolute atomic E-state index is 0.151. The van der Waals surface area contributed by atoms with E-state index in [1.807, 2.05) is 51.1 Å². The first-order valence-electron chi connectivity index (χ1n) is 12.1. The molecule has 1 aliphatic rings. The molecule has 0 aromatic heterocycles. The van der Waals surface area contributed by atoms with Crippen molar-refractivity contribution in [1.29, 1.82) is 0 Å². The summed E-state index contributed by atoms with van der Waals surface area (Å²) < 4.78 is 10.2. The van der Waals surface area contributed by atoms with E-state index >= 15 is 0 Å². The molecule has 1 unspecified atom stereocenters. The van der Waals surface area contributed by atoms with Gasteiger partial charge >= 0.3 is 18.2 Å². The normalized spacial score (nSPS) is 19.9. The molecule has 3 rings (SSSR count). The maximum Gasteiger partial charge on any atom is 0.513 e. The highest BCUT2D eigenvalue weighted by molar-refractivity contribution is 5.89. The number of methoxy groups -OCH3 is 1. The smallest absolute Gasteiger partial charge is 0.465 e. The molecular formula is C27H36N3O6+. The lowest BCUT2D eigenvalue weighted by Gasteiger charge is -2.45. The molecule has 0 spiro atoms. The number of esters is 1. The van der Waals surface area contributed by atoms with Crippen LogP contribution in [0.3, 0.4) is 0 Å². The van der Waals surface area contributed by atoms with Crippen molar-refractivity contribution < 1.29 is 33.4 Å². The van der Waals surface area contributed by atoms with Crippen molar-refractivity contribution in [3.8, 4) is 0 Å². The van der Waals surface area contributed by atoms with E-state index in [4.69, 9.17) is 9.47 Å². The van der Waals surface area contributed by atoms with Crippen LogP contribution >= 0.6 is 0 Å². The van der Waals surface area contributed by atoms with Crippen molar-refractivity contribution in [2.75, 3.05) is 38.6 Å². The molecule has 2 aromatic carbocycles. The number of piperazine rings is 1. The molecule has 1 aliphatic heterocycles. The monoisotopic (exact) mass is 498 g/mol. The third kappa shape index (κ3) is 6.97. The lowest BCUT2D eigenvalue weighted by molar-refractivity contribution is -0.878. The quantitative estimate of drug-likeness (QED) is 0.425. The number of rotatable bonds is 7. The van der Waals surface area contributed by atoms with Crippen molar-refractivity contribution in [3.63, 3.8) is 0 Å². The van der Waals surface area contributed by atoms with Gasteiger partial charge in [-0.05, 0) is 51.5 Å². The number of anilines is 1. The van der Waals surface area contributed by atoms with Gasteiger partial charge in [-0.15, -0.1) is 0 Å². The molecule has 2 aromatic rings. The average molecular weight is 499 g/mol. The fourth-order valence-electron chi connectivity index (χ4n) is 4.43. The summed E-state index contributed by atoms with van der Waals surface area (Å²) in [6, 6.07) is 16.1. The summed E-state index contributed by atoms with van der Waals surface area (Å²) in [5.41, 5.74) is 1.55. The maximum absolute atomic E-state index is 13.0. The van der Waals surface area contributed by atoms with Gasteiger partial charge in [0.05, 0.1) is 25.3 Å². The fraction of sp³-hybridized carbons (Fsp3) is 0.444. The van der Waals surface area contributed by atoms with Gasteiger partial charge in [0.15, 0.2) is 0 Å². The highest BCUT2D eigenvalue weighted by Crippen LogP contribution is 2.26. The summed E-state index contributed by atoms with van der Waals surface area (Å²) >= 11 is 0. The maximum atomic E-state index is 13.0. The highest BCUT2D eigenvalue weighted by atomic mass is 16.6. The zero-order valence-electron chi connectivity index (χ0n) is 21.4. The summed E-state index contributed by atoms with van der Waals surface area (Å²) in [6.07, 6.45) is -0.808. The number of ether oxygens (including phenoxy) is 2. The van der Waals surface area contributed by atoms with E-state index in [1.165, 1.54) is 7.11 Å². The number of amides is 2. The van der Waals surface area contributed by atoms with E-state index < -0.39 is 23.8 Å². The number of nitrogens with one attached hydrogen (secondary N) is 1. The molecule has 0 bridgehead atoms. The molecule has 194 valence electrons. The van der Waals surface area contributed by atoms with Crippen molar-refractivity contribution in [2.24, 2.45) is 0 Å². The topological polar surface area (TPSA) is 105 Å². The first-order valence-corrected chi connectivity index (χ1v) is 12.1. The summed E-state index contributed by atoms with van der Waals surface area (Å²) in [4.78, 5) is 38.8. The standard InChI is InChI=1S/C27H35N3O6/c1-27(2,3)36-25(32)29-16-17-30(26(33)34,18-20-8-6-5-7-9-20)19-23(29)14-15-28-22-12-10-21(11-13-22)24(31)35-4/h5-13,23H,14-19H2,1-4H3,(H-,28,31,33,34)/p+1/t23-,30?/m1/s1. The van der Waals surface area contributed by atoms with Crippen LogP contribution in [0.1, 0.15) is 43.1 Å². The van der Waals surface area contributed by atoms with Crippen LogP contribution in [-0.4, -0.2) is 77.6 Å². The Hall–Kier alpha value is -3.59. The SMILES string of the molecule is COC(=O)c1ccc(NCC[C@@H]2C[N+](Cc3ccccc3)(C(=O)O)CCN2C(=O)OC(C)(C)C)cc1. The second-order valence-corrected chi connectivity index (χ2v) is 10.1. The van der Waals surface area contributed by atoms with E-state index in [0.717, 1.165) is 11.3 Å². The molecule has 2 atom stereocenters. The minimum Gasteiger partial charge on any atom is -0.465 e. The summed E-state index contributed by atoms with van der Waals surface area (Å²) in [5, 5.41) is 13.6. The molecule has 1 heterocycles. The van der Waals surface area contributed by atoms with Crippen LogP contribution in [0.25, 0.3) is 0 Å². The van der Waals surface area contributed by atoms with Gasteiger partial charge in [0.1, 0.15) is 25.2 Å². The molecule has 9 nitrogen and oxygen atoms in total. The molecule has 2 N–H and O–H groups in total. The van der Waals surface area contributed by atoms with Gasteiger partial charge in [-0.2, -0.15) is 4.79 Å². The molecular weight excluding hydrogens is 462 g/mol. The van der Waals surface area contributed by atoms with Crippen LogP contribution in [0.5, 0.6) is 0 Å². The minimum atomic E-state index is -0.904. The fourth-order valence-corrected chi connectivity index (χ4v) is 4.43. The number of carboxylic acid groups (broad SMARTS) is 1. The van der Waals surface area contributed by atoms with Gasteiger partial charge in [0, 0.05) is 17.8 Å². The molecule has 0 radical (unpaired) electrons. The van der Waals surface area contributed by atoms with E-state index in [1.54, 1.807) is 29.2 Å². The van der Waals surface area contributed by atoms with Gasteiger partial charge < -0.3 is 19.9 Å². The Balaban J connectivity index is 1.75. The lowest BCUT2D eigenvalue weighted by Crippen LogP contribution is -2.66. The van der Waals surface area contributed by atoms with Crippen LogP contribution in [0.2, 0.25) is 0 Å². The number of carbonyl (C=O) groups is 3. The number of quaternary nitrogens is 1. The molecule has 36 heavy (non-hydrogen) atoms. The Morgan fingerprint density at radius 1 is 1.08 bits per heavy atom. The number of carbonyl (C=O) groups excluding carboxylic acids is 2.